The number of benzene rings is 1. The molecule has 2 nitrogen and oxygen atoms in total. The van der Waals surface area contributed by atoms with Crippen molar-refractivity contribution in [3.05, 3.63) is 29.3 Å². The summed E-state index contributed by atoms with van der Waals surface area (Å²) in [5, 5.41) is 9.47. The quantitative estimate of drug-likeness (QED) is 0.868. The zero-order valence-electron chi connectivity index (χ0n) is 12.0. The topological polar surface area (TPSA) is 23.5 Å². The molecule has 2 heteroatoms. The van der Waals surface area contributed by atoms with Crippen LogP contribution in [0.3, 0.4) is 0 Å². The molecule has 0 saturated carbocycles. The minimum absolute atomic E-state index is 0.182. The van der Waals surface area contributed by atoms with Gasteiger partial charge in [-0.3, -0.25) is 0 Å². The first-order chi connectivity index (χ1) is 8.45. The Labute approximate surface area is 111 Å². The number of piperidine rings is 1. The molecule has 0 aromatic heterocycles. The summed E-state index contributed by atoms with van der Waals surface area (Å²) in [5.41, 5.74) is 4.28. The van der Waals surface area contributed by atoms with Crippen LogP contribution in [0.5, 0.6) is 0 Å². The molecule has 18 heavy (non-hydrogen) atoms. The highest BCUT2D eigenvalue weighted by Crippen LogP contribution is 2.38. The molecular weight excluding hydrogens is 222 g/mol. The van der Waals surface area contributed by atoms with E-state index in [9.17, 15) is 5.11 Å². The van der Waals surface area contributed by atoms with Crippen LogP contribution in [-0.4, -0.2) is 24.8 Å². The normalized spacial score (nSPS) is 23.2. The predicted molar refractivity (Wildman–Crippen MR) is 77.1 cm³/mol. The number of aryl methyl sites for hydroxylation is 2. The monoisotopic (exact) mass is 247 g/mol. The van der Waals surface area contributed by atoms with Crippen LogP contribution in [0.1, 0.15) is 31.4 Å². The maximum absolute atomic E-state index is 9.47. The third-order valence-corrected chi connectivity index (χ3v) is 4.43. The highest BCUT2D eigenvalue weighted by atomic mass is 16.3. The van der Waals surface area contributed by atoms with Gasteiger partial charge in [0.2, 0.25) is 0 Å². The Balaban J connectivity index is 2.26. The van der Waals surface area contributed by atoms with Gasteiger partial charge in [-0.2, -0.15) is 0 Å². The van der Waals surface area contributed by atoms with Gasteiger partial charge < -0.3 is 10.0 Å². The lowest BCUT2D eigenvalue weighted by molar-refractivity contribution is 0.0972. The Bertz CT molecular complexity index is 405. The van der Waals surface area contributed by atoms with Crippen molar-refractivity contribution in [2.45, 2.75) is 34.1 Å². The van der Waals surface area contributed by atoms with Crippen molar-refractivity contribution >= 4 is 5.69 Å². The summed E-state index contributed by atoms with van der Waals surface area (Å²) in [6.45, 7) is 11.3. The van der Waals surface area contributed by atoms with Gasteiger partial charge in [0.05, 0.1) is 0 Å². The summed E-state index contributed by atoms with van der Waals surface area (Å²) in [4.78, 5) is 2.50. The molecule has 1 saturated heterocycles. The van der Waals surface area contributed by atoms with Gasteiger partial charge in [-0.25, -0.2) is 0 Å². The Morgan fingerprint density at radius 1 is 1.28 bits per heavy atom. The molecule has 0 radical (unpaired) electrons. The van der Waals surface area contributed by atoms with E-state index < -0.39 is 0 Å². The first-order valence-corrected chi connectivity index (χ1v) is 6.88. The molecule has 0 bridgehead atoms. The van der Waals surface area contributed by atoms with Crippen LogP contribution in [0.2, 0.25) is 0 Å². The SMILES string of the molecule is Cc1cccc(C)c1N1CCC(CO)C(C)(C)C1. The molecule has 1 aliphatic rings. The molecule has 100 valence electrons. The van der Waals surface area contributed by atoms with Crippen molar-refractivity contribution in [3.8, 4) is 0 Å². The number of hydrogen-bond acceptors (Lipinski definition) is 2. The molecule has 0 amide bonds. The molecule has 1 fully saturated rings. The van der Waals surface area contributed by atoms with Crippen LogP contribution in [-0.2, 0) is 0 Å². The second-order valence-corrected chi connectivity index (χ2v) is 6.32. The summed E-state index contributed by atoms with van der Waals surface area (Å²) in [6.07, 6.45) is 1.08. The maximum Gasteiger partial charge on any atom is 0.0465 e. The predicted octanol–water partition coefficient (Wildman–Crippen LogP) is 3.15. The highest BCUT2D eigenvalue weighted by Gasteiger charge is 2.35. The maximum atomic E-state index is 9.47. The standard InChI is InChI=1S/C16H25NO/c1-12-6-5-7-13(2)15(12)17-9-8-14(10-18)16(3,4)11-17/h5-7,14,18H,8-11H2,1-4H3. The second-order valence-electron chi connectivity index (χ2n) is 6.32. The van der Waals surface area contributed by atoms with Crippen LogP contribution in [0.4, 0.5) is 5.69 Å². The fraction of sp³-hybridized carbons (Fsp3) is 0.625. The molecular formula is C16H25NO. The first-order valence-electron chi connectivity index (χ1n) is 6.88. The summed E-state index contributed by atoms with van der Waals surface area (Å²) >= 11 is 0. The third-order valence-electron chi connectivity index (χ3n) is 4.43. The number of rotatable bonds is 2. The Hall–Kier alpha value is -1.02. The van der Waals surface area contributed by atoms with Crippen LogP contribution in [0, 0.1) is 25.2 Å². The van der Waals surface area contributed by atoms with Crippen molar-refractivity contribution < 1.29 is 5.11 Å². The van der Waals surface area contributed by atoms with E-state index in [0.717, 1.165) is 19.5 Å². The van der Waals surface area contributed by atoms with E-state index >= 15 is 0 Å². The molecule has 0 spiro atoms. The van der Waals surface area contributed by atoms with E-state index in [1.54, 1.807) is 0 Å². The Morgan fingerprint density at radius 3 is 2.39 bits per heavy atom. The van der Waals surface area contributed by atoms with Gasteiger partial charge in [-0.1, -0.05) is 32.0 Å². The van der Waals surface area contributed by atoms with Crippen molar-refractivity contribution in [3.63, 3.8) is 0 Å². The lowest BCUT2D eigenvalue weighted by atomic mass is 9.74. The van der Waals surface area contributed by atoms with Gasteiger partial charge in [-0.15, -0.1) is 0 Å². The summed E-state index contributed by atoms with van der Waals surface area (Å²) < 4.78 is 0. The minimum atomic E-state index is 0.182. The van der Waals surface area contributed by atoms with E-state index in [2.05, 4.69) is 50.8 Å². The molecule has 1 N–H and O–H groups in total. The van der Waals surface area contributed by atoms with Gasteiger partial charge in [0.15, 0.2) is 0 Å². The van der Waals surface area contributed by atoms with Crippen molar-refractivity contribution in [2.24, 2.45) is 11.3 Å². The van der Waals surface area contributed by atoms with E-state index in [0.29, 0.717) is 12.5 Å². The molecule has 1 heterocycles. The summed E-state index contributed by atoms with van der Waals surface area (Å²) in [6, 6.07) is 6.50. The lowest BCUT2D eigenvalue weighted by Gasteiger charge is -2.45. The molecule has 2 rings (SSSR count). The van der Waals surface area contributed by atoms with Crippen molar-refractivity contribution in [1.29, 1.82) is 0 Å². The van der Waals surface area contributed by atoms with Crippen LogP contribution in [0.15, 0.2) is 18.2 Å². The van der Waals surface area contributed by atoms with E-state index in [4.69, 9.17) is 0 Å². The Morgan fingerprint density at radius 2 is 1.89 bits per heavy atom. The molecule has 1 unspecified atom stereocenters. The van der Waals surface area contributed by atoms with E-state index in [-0.39, 0.29) is 5.41 Å². The largest absolute Gasteiger partial charge is 0.396 e. The van der Waals surface area contributed by atoms with Crippen molar-refractivity contribution in [2.75, 3.05) is 24.6 Å². The molecule has 0 aliphatic carbocycles. The molecule has 1 atom stereocenters. The number of aliphatic hydroxyl groups is 1. The number of nitrogens with zero attached hydrogens (tertiary/aromatic N) is 1. The average molecular weight is 247 g/mol. The summed E-state index contributed by atoms with van der Waals surface area (Å²) in [5.74, 6) is 0.429. The van der Waals surface area contributed by atoms with E-state index in [1.165, 1.54) is 16.8 Å². The lowest BCUT2D eigenvalue weighted by Crippen LogP contribution is -2.47. The second kappa shape index (κ2) is 4.93. The summed E-state index contributed by atoms with van der Waals surface area (Å²) in [7, 11) is 0. The Kier molecular flexibility index (Phi) is 3.67. The van der Waals surface area contributed by atoms with Gasteiger partial charge >= 0.3 is 0 Å². The third kappa shape index (κ3) is 2.39. The minimum Gasteiger partial charge on any atom is -0.396 e. The van der Waals surface area contributed by atoms with E-state index in [1.807, 2.05) is 0 Å². The van der Waals surface area contributed by atoms with Crippen molar-refractivity contribution in [1.82, 2.24) is 0 Å². The van der Waals surface area contributed by atoms with Crippen LogP contribution >= 0.6 is 0 Å². The molecule has 1 aromatic carbocycles. The molecule has 1 aromatic rings. The van der Waals surface area contributed by atoms with Crippen LogP contribution in [0.25, 0.3) is 0 Å². The zero-order chi connectivity index (χ0) is 13.3. The fourth-order valence-electron chi connectivity index (χ4n) is 3.24. The first kappa shape index (κ1) is 13.4. The van der Waals surface area contributed by atoms with Crippen LogP contribution < -0.4 is 4.90 Å². The number of aliphatic hydroxyl groups excluding tert-OH is 1. The highest BCUT2D eigenvalue weighted by molar-refractivity contribution is 5.59. The van der Waals surface area contributed by atoms with Gasteiger partial charge in [0.25, 0.3) is 0 Å². The zero-order valence-corrected chi connectivity index (χ0v) is 12.0. The number of anilines is 1. The smallest absolute Gasteiger partial charge is 0.0465 e. The average Bonchev–Trinajstić information content (AvgIpc) is 2.27. The van der Waals surface area contributed by atoms with Gasteiger partial charge in [-0.05, 0) is 42.7 Å². The number of para-hydroxylation sites is 1. The number of hydrogen-bond donors (Lipinski definition) is 1. The van der Waals surface area contributed by atoms with Gasteiger partial charge in [0.1, 0.15) is 0 Å². The molecule has 1 aliphatic heterocycles. The fourth-order valence-corrected chi connectivity index (χ4v) is 3.24. The van der Waals surface area contributed by atoms with Gasteiger partial charge in [0, 0.05) is 25.4 Å².